The van der Waals surface area contributed by atoms with Gasteiger partial charge in [0, 0.05) is 17.7 Å². The maximum Gasteiger partial charge on any atom is 0.272 e. The highest BCUT2D eigenvalue weighted by Gasteiger charge is 2.14. The summed E-state index contributed by atoms with van der Waals surface area (Å²) in [6.45, 7) is 3.38. The van der Waals surface area contributed by atoms with E-state index in [1.165, 1.54) is 6.07 Å². The SMILES string of the molecule is Cc1cc([N+](=O)[O-])c(C)cc1Oc1ccc(Cl)nn1. The Kier molecular flexibility index (Phi) is 3.62. The summed E-state index contributed by atoms with van der Waals surface area (Å²) in [6, 6.07) is 6.20. The number of ether oxygens (including phenoxy) is 1. The number of halogens is 1. The highest BCUT2D eigenvalue weighted by molar-refractivity contribution is 6.29. The zero-order valence-corrected chi connectivity index (χ0v) is 11.0. The third-order valence-electron chi connectivity index (χ3n) is 2.51. The maximum absolute atomic E-state index is 10.8. The number of aryl methyl sites for hydroxylation is 2. The maximum atomic E-state index is 10.8. The average Bonchev–Trinajstić information content (AvgIpc) is 2.35. The van der Waals surface area contributed by atoms with E-state index in [9.17, 15) is 10.1 Å². The Bertz CT molecular complexity index is 629. The number of rotatable bonds is 3. The summed E-state index contributed by atoms with van der Waals surface area (Å²) < 4.78 is 5.52. The minimum Gasteiger partial charge on any atom is -0.437 e. The van der Waals surface area contributed by atoms with Gasteiger partial charge in [-0.05, 0) is 31.5 Å². The van der Waals surface area contributed by atoms with E-state index in [0.717, 1.165) is 0 Å². The van der Waals surface area contributed by atoms with Gasteiger partial charge in [-0.2, -0.15) is 0 Å². The van der Waals surface area contributed by atoms with E-state index >= 15 is 0 Å². The Balaban J connectivity index is 2.33. The molecule has 1 aromatic carbocycles. The minimum absolute atomic E-state index is 0.0621. The summed E-state index contributed by atoms with van der Waals surface area (Å²) in [6.07, 6.45) is 0. The molecule has 0 radical (unpaired) electrons. The van der Waals surface area contributed by atoms with Gasteiger partial charge in [-0.3, -0.25) is 10.1 Å². The Labute approximate surface area is 114 Å². The monoisotopic (exact) mass is 279 g/mol. The second-order valence-corrected chi connectivity index (χ2v) is 4.34. The quantitative estimate of drug-likeness (QED) is 0.635. The molecule has 0 N–H and O–H groups in total. The second-order valence-electron chi connectivity index (χ2n) is 3.96. The zero-order chi connectivity index (χ0) is 14.0. The van der Waals surface area contributed by atoms with Crippen molar-refractivity contribution in [1.82, 2.24) is 10.2 Å². The van der Waals surface area contributed by atoms with Crippen LogP contribution >= 0.6 is 11.6 Å². The van der Waals surface area contributed by atoms with Crippen LogP contribution in [0.4, 0.5) is 5.69 Å². The summed E-state index contributed by atoms with van der Waals surface area (Å²) in [4.78, 5) is 10.4. The normalized spacial score (nSPS) is 10.3. The van der Waals surface area contributed by atoms with E-state index in [4.69, 9.17) is 16.3 Å². The van der Waals surface area contributed by atoms with Crippen molar-refractivity contribution in [1.29, 1.82) is 0 Å². The molecule has 98 valence electrons. The minimum atomic E-state index is -0.422. The number of aromatic nitrogens is 2. The van der Waals surface area contributed by atoms with Gasteiger partial charge in [-0.25, -0.2) is 0 Å². The summed E-state index contributed by atoms with van der Waals surface area (Å²) in [7, 11) is 0. The predicted molar refractivity (Wildman–Crippen MR) is 69.7 cm³/mol. The van der Waals surface area contributed by atoms with Crippen LogP contribution < -0.4 is 4.74 Å². The van der Waals surface area contributed by atoms with Crippen LogP contribution in [0.5, 0.6) is 11.6 Å². The van der Waals surface area contributed by atoms with E-state index in [-0.39, 0.29) is 16.7 Å². The van der Waals surface area contributed by atoms with Crippen molar-refractivity contribution in [2.45, 2.75) is 13.8 Å². The first kappa shape index (κ1) is 13.2. The highest BCUT2D eigenvalue weighted by atomic mass is 35.5. The number of nitrogens with zero attached hydrogens (tertiary/aromatic N) is 3. The lowest BCUT2D eigenvalue weighted by Crippen LogP contribution is -1.96. The topological polar surface area (TPSA) is 78.2 Å². The van der Waals surface area contributed by atoms with Crippen LogP contribution in [-0.4, -0.2) is 15.1 Å². The zero-order valence-electron chi connectivity index (χ0n) is 10.3. The molecular formula is C12H10ClN3O3. The fourth-order valence-electron chi connectivity index (χ4n) is 1.55. The number of nitro groups is 1. The molecule has 2 rings (SSSR count). The van der Waals surface area contributed by atoms with Crippen LogP contribution in [0.3, 0.4) is 0 Å². The third kappa shape index (κ3) is 2.97. The van der Waals surface area contributed by atoms with Crippen LogP contribution in [0, 0.1) is 24.0 Å². The van der Waals surface area contributed by atoms with Crippen molar-refractivity contribution in [2.75, 3.05) is 0 Å². The fourth-order valence-corrected chi connectivity index (χ4v) is 1.65. The molecule has 6 nitrogen and oxygen atoms in total. The van der Waals surface area contributed by atoms with Gasteiger partial charge in [0.25, 0.3) is 5.69 Å². The van der Waals surface area contributed by atoms with Crippen LogP contribution in [0.2, 0.25) is 5.15 Å². The number of nitro benzene ring substituents is 1. The largest absolute Gasteiger partial charge is 0.437 e. The van der Waals surface area contributed by atoms with Gasteiger partial charge in [0.2, 0.25) is 5.88 Å². The molecule has 0 fully saturated rings. The predicted octanol–water partition coefficient (Wildman–Crippen LogP) is 3.45. The van der Waals surface area contributed by atoms with Crippen LogP contribution in [0.25, 0.3) is 0 Å². The van der Waals surface area contributed by atoms with Crippen molar-refractivity contribution in [3.8, 4) is 11.6 Å². The van der Waals surface area contributed by atoms with Crippen molar-refractivity contribution in [2.24, 2.45) is 0 Å². The van der Waals surface area contributed by atoms with Gasteiger partial charge in [-0.15, -0.1) is 10.2 Å². The molecule has 7 heteroatoms. The molecule has 0 aliphatic rings. The summed E-state index contributed by atoms with van der Waals surface area (Å²) in [5.74, 6) is 0.778. The third-order valence-corrected chi connectivity index (χ3v) is 2.71. The molecule has 0 aliphatic heterocycles. The molecule has 0 amide bonds. The van der Waals surface area contributed by atoms with E-state index in [2.05, 4.69) is 10.2 Å². The number of benzene rings is 1. The molecule has 19 heavy (non-hydrogen) atoms. The molecule has 2 aromatic rings. The Morgan fingerprint density at radius 2 is 1.95 bits per heavy atom. The van der Waals surface area contributed by atoms with Gasteiger partial charge in [0.05, 0.1) is 4.92 Å². The Morgan fingerprint density at radius 3 is 2.53 bits per heavy atom. The first-order valence-electron chi connectivity index (χ1n) is 5.40. The lowest BCUT2D eigenvalue weighted by atomic mass is 10.1. The number of hydrogen-bond acceptors (Lipinski definition) is 5. The Hall–Kier alpha value is -2.21. The molecular weight excluding hydrogens is 270 g/mol. The lowest BCUT2D eigenvalue weighted by Gasteiger charge is -2.08. The van der Waals surface area contributed by atoms with Crippen molar-refractivity contribution in [3.63, 3.8) is 0 Å². The standard InChI is InChI=1S/C12H10ClN3O3/c1-7-6-10(8(2)5-9(7)16(17)18)19-12-4-3-11(13)14-15-12/h3-6H,1-2H3. The smallest absolute Gasteiger partial charge is 0.272 e. The Morgan fingerprint density at radius 1 is 1.21 bits per heavy atom. The van der Waals surface area contributed by atoms with Gasteiger partial charge in [0.1, 0.15) is 5.75 Å². The first-order chi connectivity index (χ1) is 8.97. The van der Waals surface area contributed by atoms with E-state index in [1.807, 2.05) is 0 Å². The fraction of sp³-hybridized carbons (Fsp3) is 0.167. The highest BCUT2D eigenvalue weighted by Crippen LogP contribution is 2.30. The van der Waals surface area contributed by atoms with Gasteiger partial charge < -0.3 is 4.74 Å². The summed E-state index contributed by atoms with van der Waals surface area (Å²) in [5, 5.41) is 18.5. The van der Waals surface area contributed by atoms with Crippen molar-refractivity contribution < 1.29 is 9.66 Å². The molecule has 0 saturated carbocycles. The second kappa shape index (κ2) is 5.19. The van der Waals surface area contributed by atoms with Crippen molar-refractivity contribution in [3.05, 3.63) is 50.7 Å². The van der Waals surface area contributed by atoms with Gasteiger partial charge in [-0.1, -0.05) is 11.6 Å². The van der Waals surface area contributed by atoms with E-state index in [1.54, 1.807) is 32.0 Å². The van der Waals surface area contributed by atoms with Crippen LogP contribution in [0.15, 0.2) is 24.3 Å². The van der Waals surface area contributed by atoms with E-state index < -0.39 is 4.92 Å². The molecule has 0 unspecified atom stereocenters. The van der Waals surface area contributed by atoms with Crippen LogP contribution in [-0.2, 0) is 0 Å². The first-order valence-corrected chi connectivity index (χ1v) is 5.78. The number of hydrogen-bond donors (Lipinski definition) is 0. The average molecular weight is 280 g/mol. The molecule has 1 aromatic heterocycles. The van der Waals surface area contributed by atoms with Gasteiger partial charge in [0.15, 0.2) is 5.15 Å². The molecule has 0 aliphatic carbocycles. The molecule has 0 atom stereocenters. The van der Waals surface area contributed by atoms with Gasteiger partial charge >= 0.3 is 0 Å². The van der Waals surface area contributed by atoms with Crippen LogP contribution in [0.1, 0.15) is 11.1 Å². The molecule has 0 spiro atoms. The molecule has 0 bridgehead atoms. The molecule has 1 heterocycles. The lowest BCUT2D eigenvalue weighted by molar-refractivity contribution is -0.385. The van der Waals surface area contributed by atoms with E-state index in [0.29, 0.717) is 16.9 Å². The summed E-state index contributed by atoms with van der Waals surface area (Å²) >= 11 is 5.62. The summed E-state index contributed by atoms with van der Waals surface area (Å²) in [5.41, 5.74) is 1.23. The molecule has 0 saturated heterocycles. The van der Waals surface area contributed by atoms with Crippen molar-refractivity contribution >= 4 is 17.3 Å².